The van der Waals surface area contributed by atoms with Crippen molar-refractivity contribution < 1.29 is 5.11 Å². The van der Waals surface area contributed by atoms with E-state index in [2.05, 4.69) is 0 Å². The highest BCUT2D eigenvalue weighted by Gasteiger charge is 2.39. The van der Waals surface area contributed by atoms with Crippen molar-refractivity contribution in [1.82, 2.24) is 0 Å². The molecule has 1 atom stereocenters. The Kier molecular flexibility index (Phi) is 2.27. The highest BCUT2D eigenvalue weighted by Crippen LogP contribution is 2.19. The fourth-order valence-electron chi connectivity index (χ4n) is 0.404. The van der Waals surface area contributed by atoms with Gasteiger partial charge < -0.3 is 10.8 Å². The standard InChI is InChI=1S/C6H16N2OSi/c1-6(9,5(7)8)10(2,3)4/h9H,1-4H3,(H3,7,8). The van der Waals surface area contributed by atoms with Gasteiger partial charge in [0.15, 0.2) is 0 Å². The summed E-state index contributed by atoms with van der Waals surface area (Å²) in [6.07, 6.45) is 0. The summed E-state index contributed by atoms with van der Waals surface area (Å²) in [5, 5.41) is 15.7. The van der Waals surface area contributed by atoms with Gasteiger partial charge >= 0.3 is 0 Å². The van der Waals surface area contributed by atoms with Gasteiger partial charge in [0.25, 0.3) is 0 Å². The maximum Gasteiger partial charge on any atom is 0.119 e. The predicted octanol–water partition coefficient (Wildman–Crippen LogP) is 0.551. The third-order valence-corrected chi connectivity index (χ3v) is 5.18. The Morgan fingerprint density at radius 3 is 1.80 bits per heavy atom. The smallest absolute Gasteiger partial charge is 0.119 e. The molecule has 4 N–H and O–H groups in total. The fraction of sp³-hybridized carbons (Fsp3) is 0.833. The maximum atomic E-state index is 9.64. The highest BCUT2D eigenvalue weighted by atomic mass is 28.3. The second-order valence-electron chi connectivity index (χ2n) is 3.74. The van der Waals surface area contributed by atoms with Crippen molar-refractivity contribution in [1.29, 1.82) is 5.41 Å². The van der Waals surface area contributed by atoms with E-state index < -0.39 is 13.3 Å². The van der Waals surface area contributed by atoms with Crippen LogP contribution in [0.1, 0.15) is 6.92 Å². The lowest BCUT2D eigenvalue weighted by molar-refractivity contribution is 0.204. The number of hydrogen-bond acceptors (Lipinski definition) is 2. The second kappa shape index (κ2) is 2.36. The molecule has 0 aliphatic rings. The van der Waals surface area contributed by atoms with Crippen LogP contribution in [0.15, 0.2) is 0 Å². The molecule has 0 bridgehead atoms. The van der Waals surface area contributed by atoms with Gasteiger partial charge in [-0.25, -0.2) is 0 Å². The van der Waals surface area contributed by atoms with E-state index in [1.165, 1.54) is 0 Å². The van der Waals surface area contributed by atoms with Gasteiger partial charge in [0.2, 0.25) is 0 Å². The van der Waals surface area contributed by atoms with E-state index in [1.54, 1.807) is 6.92 Å². The molecule has 60 valence electrons. The quantitative estimate of drug-likeness (QED) is 0.314. The first kappa shape index (κ1) is 9.65. The Hall–Kier alpha value is -0.353. The Balaban J connectivity index is 4.57. The first-order valence-electron chi connectivity index (χ1n) is 3.26. The summed E-state index contributed by atoms with van der Waals surface area (Å²) in [7, 11) is -1.74. The minimum Gasteiger partial charge on any atom is -0.386 e. The molecule has 0 rings (SSSR count). The molecule has 0 aromatic heterocycles. The zero-order chi connectivity index (χ0) is 8.58. The lowest BCUT2D eigenvalue weighted by atomic mass is 10.4. The largest absolute Gasteiger partial charge is 0.386 e. The number of nitrogens with two attached hydrogens (primary N) is 1. The van der Waals surface area contributed by atoms with Gasteiger partial charge in [-0.05, 0) is 6.92 Å². The Bertz CT molecular complexity index is 148. The molecule has 0 fully saturated rings. The molecule has 0 spiro atoms. The molecule has 1 unspecified atom stereocenters. The van der Waals surface area contributed by atoms with Crippen molar-refractivity contribution in [3.63, 3.8) is 0 Å². The molecule has 0 saturated carbocycles. The van der Waals surface area contributed by atoms with Crippen LogP contribution in [0.4, 0.5) is 0 Å². The van der Waals surface area contributed by atoms with Gasteiger partial charge in [0.1, 0.15) is 11.1 Å². The molecule has 0 aromatic carbocycles. The first-order chi connectivity index (χ1) is 4.19. The van der Waals surface area contributed by atoms with Crippen LogP contribution >= 0.6 is 0 Å². The summed E-state index contributed by atoms with van der Waals surface area (Å²) in [6, 6.07) is 0. The highest BCUT2D eigenvalue weighted by molar-refractivity contribution is 6.82. The Labute approximate surface area is 62.8 Å². The number of aliphatic hydroxyl groups is 1. The van der Waals surface area contributed by atoms with Crippen molar-refractivity contribution in [2.24, 2.45) is 5.73 Å². The third-order valence-electron chi connectivity index (χ3n) is 1.98. The van der Waals surface area contributed by atoms with Crippen molar-refractivity contribution in [3.05, 3.63) is 0 Å². The molecule has 0 aliphatic carbocycles. The van der Waals surface area contributed by atoms with Crippen LogP contribution in [-0.2, 0) is 0 Å². The van der Waals surface area contributed by atoms with Crippen molar-refractivity contribution in [2.45, 2.75) is 31.8 Å². The van der Waals surface area contributed by atoms with E-state index in [1.807, 2.05) is 19.6 Å². The average molecular weight is 160 g/mol. The summed E-state index contributed by atoms with van der Waals surface area (Å²) in [5.41, 5.74) is 5.22. The molecule has 0 amide bonds. The van der Waals surface area contributed by atoms with Gasteiger partial charge in [-0.1, -0.05) is 19.6 Å². The minimum absolute atomic E-state index is 0.119. The molecular formula is C6H16N2OSi. The van der Waals surface area contributed by atoms with Crippen molar-refractivity contribution in [3.8, 4) is 0 Å². The number of nitrogens with one attached hydrogen (secondary N) is 1. The lowest BCUT2D eigenvalue weighted by Gasteiger charge is -2.33. The van der Waals surface area contributed by atoms with E-state index in [9.17, 15) is 5.11 Å². The van der Waals surface area contributed by atoms with E-state index in [0.717, 1.165) is 0 Å². The zero-order valence-corrected chi connectivity index (χ0v) is 8.02. The third kappa shape index (κ3) is 1.57. The van der Waals surface area contributed by atoms with Crippen LogP contribution in [0.3, 0.4) is 0 Å². The van der Waals surface area contributed by atoms with Crippen LogP contribution in [-0.4, -0.2) is 24.2 Å². The lowest BCUT2D eigenvalue weighted by Crippen LogP contribution is -2.58. The molecule has 0 radical (unpaired) electrons. The van der Waals surface area contributed by atoms with E-state index in [-0.39, 0.29) is 5.84 Å². The molecule has 3 nitrogen and oxygen atoms in total. The van der Waals surface area contributed by atoms with E-state index in [0.29, 0.717) is 0 Å². The normalized spacial score (nSPS) is 18.1. The second-order valence-corrected chi connectivity index (χ2v) is 9.21. The Morgan fingerprint density at radius 1 is 1.50 bits per heavy atom. The monoisotopic (exact) mass is 160 g/mol. The van der Waals surface area contributed by atoms with Crippen LogP contribution in [0, 0.1) is 5.41 Å². The van der Waals surface area contributed by atoms with Crippen LogP contribution in [0.5, 0.6) is 0 Å². The molecule has 10 heavy (non-hydrogen) atoms. The van der Waals surface area contributed by atoms with Gasteiger partial charge in [0, 0.05) is 0 Å². The summed E-state index contributed by atoms with van der Waals surface area (Å²) in [6.45, 7) is 7.55. The number of rotatable bonds is 2. The SMILES string of the molecule is CC(O)(C(=N)N)[Si](C)(C)C. The fourth-order valence-corrected chi connectivity index (χ4v) is 1.21. The maximum absolute atomic E-state index is 9.64. The van der Waals surface area contributed by atoms with Crippen LogP contribution in [0.25, 0.3) is 0 Å². The molecule has 0 saturated heterocycles. The topological polar surface area (TPSA) is 70.1 Å². The van der Waals surface area contributed by atoms with Gasteiger partial charge in [-0.3, -0.25) is 5.41 Å². The molecular weight excluding hydrogens is 144 g/mol. The minimum atomic E-state index is -1.74. The van der Waals surface area contributed by atoms with Gasteiger partial charge in [-0.2, -0.15) is 0 Å². The molecule has 0 aliphatic heterocycles. The van der Waals surface area contributed by atoms with Crippen molar-refractivity contribution in [2.75, 3.05) is 0 Å². The van der Waals surface area contributed by atoms with Crippen molar-refractivity contribution >= 4 is 13.9 Å². The summed E-state index contributed by atoms with van der Waals surface area (Å²) < 4.78 is 0. The molecule has 0 heterocycles. The van der Waals surface area contributed by atoms with E-state index in [4.69, 9.17) is 11.1 Å². The van der Waals surface area contributed by atoms with Gasteiger partial charge in [0.05, 0.1) is 8.07 Å². The van der Waals surface area contributed by atoms with E-state index >= 15 is 0 Å². The Morgan fingerprint density at radius 2 is 1.80 bits per heavy atom. The first-order valence-corrected chi connectivity index (χ1v) is 6.76. The van der Waals surface area contributed by atoms with Crippen LogP contribution < -0.4 is 5.73 Å². The van der Waals surface area contributed by atoms with Gasteiger partial charge in [-0.15, -0.1) is 0 Å². The predicted molar refractivity (Wildman–Crippen MR) is 45.9 cm³/mol. The molecule has 0 aromatic rings. The van der Waals surface area contributed by atoms with Crippen LogP contribution in [0.2, 0.25) is 19.6 Å². The summed E-state index contributed by atoms with van der Waals surface area (Å²) in [5.74, 6) is -0.119. The summed E-state index contributed by atoms with van der Waals surface area (Å²) >= 11 is 0. The number of hydrogen-bond donors (Lipinski definition) is 3. The average Bonchev–Trinajstić information content (AvgIpc) is 1.62. The molecule has 4 heteroatoms. The summed E-state index contributed by atoms with van der Waals surface area (Å²) in [4.78, 5) is 0. The zero-order valence-electron chi connectivity index (χ0n) is 7.02. The number of amidine groups is 1.